The number of fused-ring (bicyclic) bond motifs is 6. The van der Waals surface area contributed by atoms with Crippen LogP contribution in [0.5, 0.6) is 0 Å². The number of aromatic nitrogens is 2. The van der Waals surface area contributed by atoms with Crippen LogP contribution in [0, 0.1) is 6.92 Å². The van der Waals surface area contributed by atoms with Gasteiger partial charge in [-0.1, -0.05) is 188 Å². The van der Waals surface area contributed by atoms with E-state index in [1.165, 1.54) is 81.0 Å². The van der Waals surface area contributed by atoms with Crippen LogP contribution in [0.1, 0.15) is 5.56 Å². The first-order chi connectivity index (χ1) is 28.7. The highest BCUT2D eigenvalue weighted by atomic mass is 28.3. The van der Waals surface area contributed by atoms with Gasteiger partial charge >= 0.3 is 0 Å². The SMILES string of the molecule is Cc1cccc([Si](c2ccccc2)(c2ccccc2)c2cccc(-c3ccccc3-n3c4ccccc4c4cc(-n5c6ccccc6c6ccccc65)ccc43)c2)c1. The minimum atomic E-state index is -2.75. The van der Waals surface area contributed by atoms with Crippen LogP contribution in [0.3, 0.4) is 0 Å². The Hall–Kier alpha value is -7.20. The molecule has 11 rings (SSSR count). The molecular formula is C55H40N2Si. The molecule has 274 valence electrons. The summed E-state index contributed by atoms with van der Waals surface area (Å²) in [6, 6.07) is 83.4. The van der Waals surface area contributed by atoms with Crippen molar-refractivity contribution in [2.75, 3.05) is 0 Å². The molecule has 2 aromatic heterocycles. The lowest BCUT2D eigenvalue weighted by Crippen LogP contribution is -2.74. The van der Waals surface area contributed by atoms with Gasteiger partial charge in [-0.05, 0) is 75.7 Å². The largest absolute Gasteiger partial charge is 0.309 e. The van der Waals surface area contributed by atoms with E-state index >= 15 is 0 Å². The van der Waals surface area contributed by atoms with E-state index in [2.05, 4.69) is 241 Å². The predicted octanol–water partition coefficient (Wildman–Crippen LogP) is 11.2. The number of benzene rings is 9. The maximum Gasteiger partial charge on any atom is 0.179 e. The standard InChI is InChI=1S/C55H40N2Si/c1-39-18-16-24-44(36-39)58(42-20-4-2-5-21-42,43-22-6-3-7-23-43)45-25-17-19-40(37-45)46-26-8-12-30-51(46)57-54-33-15-11-29-49(54)50-38-41(34-35-55(50)57)56-52-31-13-9-27-47(52)48-28-10-14-32-53(48)56/h2-38H,1H3. The molecule has 0 saturated heterocycles. The van der Waals surface area contributed by atoms with E-state index in [1.807, 2.05) is 0 Å². The summed E-state index contributed by atoms with van der Waals surface area (Å²) in [6.45, 7) is 2.21. The molecule has 0 spiro atoms. The summed E-state index contributed by atoms with van der Waals surface area (Å²) in [5.74, 6) is 0. The van der Waals surface area contributed by atoms with Gasteiger partial charge in [0, 0.05) is 32.8 Å². The van der Waals surface area contributed by atoms with Crippen molar-refractivity contribution < 1.29 is 0 Å². The van der Waals surface area contributed by atoms with Crippen molar-refractivity contribution in [2.24, 2.45) is 0 Å². The summed E-state index contributed by atoms with van der Waals surface area (Å²) in [4.78, 5) is 0. The Morgan fingerprint density at radius 2 is 0.810 bits per heavy atom. The van der Waals surface area contributed by atoms with Crippen LogP contribution in [0.15, 0.2) is 224 Å². The third-order valence-electron chi connectivity index (χ3n) is 12.1. The topological polar surface area (TPSA) is 9.86 Å². The zero-order valence-corrected chi connectivity index (χ0v) is 33.3. The molecule has 0 N–H and O–H groups in total. The average Bonchev–Trinajstić information content (AvgIpc) is 3.80. The van der Waals surface area contributed by atoms with Crippen molar-refractivity contribution in [3.63, 3.8) is 0 Å². The van der Waals surface area contributed by atoms with Gasteiger partial charge < -0.3 is 9.13 Å². The summed E-state index contributed by atoms with van der Waals surface area (Å²) >= 11 is 0. The Morgan fingerprint density at radius 1 is 0.328 bits per heavy atom. The van der Waals surface area contributed by atoms with Crippen LogP contribution in [0.4, 0.5) is 0 Å². The quantitative estimate of drug-likeness (QED) is 0.113. The second-order valence-electron chi connectivity index (χ2n) is 15.4. The molecule has 0 aliphatic heterocycles. The van der Waals surface area contributed by atoms with Crippen molar-refractivity contribution in [2.45, 2.75) is 6.92 Å². The van der Waals surface area contributed by atoms with E-state index in [0.29, 0.717) is 0 Å². The van der Waals surface area contributed by atoms with E-state index in [4.69, 9.17) is 0 Å². The summed E-state index contributed by atoms with van der Waals surface area (Å²) in [7, 11) is -2.75. The molecule has 2 heterocycles. The molecule has 0 unspecified atom stereocenters. The van der Waals surface area contributed by atoms with Gasteiger partial charge in [0.15, 0.2) is 8.07 Å². The molecule has 0 aliphatic rings. The molecule has 0 amide bonds. The number of hydrogen-bond donors (Lipinski definition) is 0. The molecule has 2 nitrogen and oxygen atoms in total. The van der Waals surface area contributed by atoms with Crippen molar-refractivity contribution in [1.29, 1.82) is 0 Å². The van der Waals surface area contributed by atoms with Crippen molar-refractivity contribution in [3.8, 4) is 22.5 Å². The van der Waals surface area contributed by atoms with Crippen LogP contribution < -0.4 is 20.7 Å². The van der Waals surface area contributed by atoms with E-state index in [-0.39, 0.29) is 0 Å². The number of nitrogens with zero attached hydrogens (tertiary/aromatic N) is 2. The van der Waals surface area contributed by atoms with Gasteiger partial charge in [0.05, 0.1) is 27.8 Å². The Labute approximate surface area is 339 Å². The third-order valence-corrected chi connectivity index (χ3v) is 16.9. The monoisotopic (exact) mass is 756 g/mol. The summed E-state index contributed by atoms with van der Waals surface area (Å²) in [5, 5.41) is 10.5. The lowest BCUT2D eigenvalue weighted by molar-refractivity contribution is 1.17. The maximum absolute atomic E-state index is 2.75. The van der Waals surface area contributed by atoms with Gasteiger partial charge in [0.1, 0.15) is 0 Å². The minimum absolute atomic E-state index is 1.16. The second kappa shape index (κ2) is 13.8. The molecule has 58 heavy (non-hydrogen) atoms. The van der Waals surface area contributed by atoms with Gasteiger partial charge in [-0.25, -0.2) is 0 Å². The van der Waals surface area contributed by atoms with Crippen LogP contribution in [-0.4, -0.2) is 17.2 Å². The van der Waals surface area contributed by atoms with E-state index in [1.54, 1.807) is 0 Å². The van der Waals surface area contributed by atoms with Gasteiger partial charge in [-0.2, -0.15) is 0 Å². The zero-order valence-electron chi connectivity index (χ0n) is 32.3. The first-order valence-electron chi connectivity index (χ1n) is 20.1. The number of para-hydroxylation sites is 4. The smallest absolute Gasteiger partial charge is 0.179 e. The van der Waals surface area contributed by atoms with Gasteiger partial charge in [-0.3, -0.25) is 0 Å². The number of hydrogen-bond acceptors (Lipinski definition) is 0. The number of rotatable bonds is 7. The van der Waals surface area contributed by atoms with E-state index in [0.717, 1.165) is 11.4 Å². The molecule has 0 radical (unpaired) electrons. The number of aryl methyl sites for hydroxylation is 1. The third kappa shape index (κ3) is 5.24. The van der Waals surface area contributed by atoms with Gasteiger partial charge in [0.2, 0.25) is 0 Å². The minimum Gasteiger partial charge on any atom is -0.309 e. The highest BCUT2D eigenvalue weighted by Gasteiger charge is 2.41. The molecule has 0 fully saturated rings. The first-order valence-corrected chi connectivity index (χ1v) is 22.1. The lowest BCUT2D eigenvalue weighted by Gasteiger charge is -2.35. The van der Waals surface area contributed by atoms with Gasteiger partial charge in [-0.15, -0.1) is 0 Å². The summed E-state index contributed by atoms with van der Waals surface area (Å²) in [6.07, 6.45) is 0. The van der Waals surface area contributed by atoms with Gasteiger partial charge in [0.25, 0.3) is 0 Å². The normalized spacial score (nSPS) is 11.9. The maximum atomic E-state index is 2.49. The van der Waals surface area contributed by atoms with Crippen LogP contribution >= 0.6 is 0 Å². The summed E-state index contributed by atoms with van der Waals surface area (Å²) in [5.41, 5.74) is 10.8. The lowest BCUT2D eigenvalue weighted by atomic mass is 10.0. The Bertz CT molecular complexity index is 3210. The highest BCUT2D eigenvalue weighted by molar-refractivity contribution is 7.19. The fourth-order valence-electron chi connectivity index (χ4n) is 9.65. The second-order valence-corrected chi connectivity index (χ2v) is 19.2. The van der Waals surface area contributed by atoms with Crippen LogP contribution in [0.25, 0.3) is 66.1 Å². The molecule has 0 saturated carbocycles. The molecule has 9 aromatic carbocycles. The fraction of sp³-hybridized carbons (Fsp3) is 0.0182. The van der Waals surface area contributed by atoms with Crippen molar-refractivity contribution >= 4 is 72.4 Å². The zero-order chi connectivity index (χ0) is 38.6. The Balaban J connectivity index is 1.14. The van der Waals surface area contributed by atoms with Crippen LogP contribution in [0.2, 0.25) is 0 Å². The Kier molecular flexibility index (Phi) is 8.09. The average molecular weight is 757 g/mol. The van der Waals surface area contributed by atoms with Crippen LogP contribution in [-0.2, 0) is 0 Å². The highest BCUT2D eigenvalue weighted by Crippen LogP contribution is 2.39. The Morgan fingerprint density at radius 3 is 1.45 bits per heavy atom. The molecule has 11 aromatic rings. The molecule has 0 atom stereocenters. The van der Waals surface area contributed by atoms with E-state index < -0.39 is 8.07 Å². The fourth-order valence-corrected chi connectivity index (χ4v) is 14.5. The molecule has 0 bridgehead atoms. The van der Waals surface area contributed by atoms with Crippen molar-refractivity contribution in [3.05, 3.63) is 230 Å². The molecule has 0 aliphatic carbocycles. The molecular weight excluding hydrogens is 717 g/mol. The summed E-state index contributed by atoms with van der Waals surface area (Å²) < 4.78 is 4.89. The molecule has 3 heteroatoms. The van der Waals surface area contributed by atoms with E-state index in [9.17, 15) is 0 Å². The van der Waals surface area contributed by atoms with Crippen molar-refractivity contribution in [1.82, 2.24) is 9.13 Å². The first kappa shape index (κ1) is 34.1. The predicted molar refractivity (Wildman–Crippen MR) is 249 cm³/mol.